The molecule has 0 bridgehead atoms. The van der Waals surface area contributed by atoms with Gasteiger partial charge in [0.25, 0.3) is 0 Å². The van der Waals surface area contributed by atoms with Gasteiger partial charge >= 0.3 is 0 Å². The number of hydrogen-bond acceptors (Lipinski definition) is 3. The lowest BCUT2D eigenvalue weighted by Crippen LogP contribution is -2.26. The summed E-state index contributed by atoms with van der Waals surface area (Å²) in [5.74, 6) is 0.798. The lowest BCUT2D eigenvalue weighted by molar-refractivity contribution is 0.265. The summed E-state index contributed by atoms with van der Waals surface area (Å²) in [6.07, 6.45) is 0.666. The van der Waals surface area contributed by atoms with E-state index < -0.39 is 0 Å². The molecule has 14 heavy (non-hydrogen) atoms. The van der Waals surface area contributed by atoms with Crippen LogP contribution in [0.25, 0.3) is 0 Å². The van der Waals surface area contributed by atoms with Gasteiger partial charge in [0, 0.05) is 6.04 Å². The lowest BCUT2D eigenvalue weighted by Gasteiger charge is -2.09. The number of nitrogens with two attached hydrogens (primary N) is 1. The first-order valence-corrected chi connectivity index (χ1v) is 5.15. The predicted octanol–water partition coefficient (Wildman–Crippen LogP) is 1.32. The normalized spacial score (nSPS) is 12.6. The molecule has 0 fully saturated rings. The minimum absolute atomic E-state index is 0.00362. The van der Waals surface area contributed by atoms with Crippen molar-refractivity contribution in [3.8, 4) is 5.75 Å². The molecule has 0 amide bonds. The standard InChI is InChI=1S/C10H14BrNO2/c1-14-10-3-2-7(5-9(10)11)4-8(12)6-13/h2-3,5,8,13H,4,6,12H2,1H3. The van der Waals surface area contributed by atoms with E-state index in [2.05, 4.69) is 15.9 Å². The first-order chi connectivity index (χ1) is 6.67. The number of halogens is 1. The maximum absolute atomic E-state index is 8.80. The van der Waals surface area contributed by atoms with Gasteiger partial charge in [-0.25, -0.2) is 0 Å². The monoisotopic (exact) mass is 259 g/mol. The summed E-state index contributed by atoms with van der Waals surface area (Å²) in [6.45, 7) is 0.00362. The maximum Gasteiger partial charge on any atom is 0.133 e. The molecule has 0 spiro atoms. The number of aliphatic hydroxyl groups is 1. The highest BCUT2D eigenvalue weighted by Gasteiger charge is 2.05. The molecule has 0 aliphatic carbocycles. The Morgan fingerprint density at radius 1 is 1.57 bits per heavy atom. The van der Waals surface area contributed by atoms with Crippen molar-refractivity contribution in [3.63, 3.8) is 0 Å². The van der Waals surface area contributed by atoms with Crippen LogP contribution in [0.15, 0.2) is 22.7 Å². The largest absolute Gasteiger partial charge is 0.496 e. The van der Waals surface area contributed by atoms with Gasteiger partial charge in [0.05, 0.1) is 18.2 Å². The van der Waals surface area contributed by atoms with Gasteiger partial charge in [-0.1, -0.05) is 6.07 Å². The molecule has 1 atom stereocenters. The van der Waals surface area contributed by atoms with Crippen molar-refractivity contribution < 1.29 is 9.84 Å². The number of rotatable bonds is 4. The third-order valence-electron chi connectivity index (χ3n) is 1.95. The van der Waals surface area contributed by atoms with Gasteiger partial charge in [-0.05, 0) is 40.0 Å². The van der Waals surface area contributed by atoms with Gasteiger partial charge in [-0.3, -0.25) is 0 Å². The average Bonchev–Trinajstić information content (AvgIpc) is 2.18. The van der Waals surface area contributed by atoms with E-state index in [0.29, 0.717) is 6.42 Å². The fraction of sp³-hybridized carbons (Fsp3) is 0.400. The smallest absolute Gasteiger partial charge is 0.133 e. The predicted molar refractivity (Wildman–Crippen MR) is 59.5 cm³/mol. The fourth-order valence-corrected chi connectivity index (χ4v) is 1.79. The maximum atomic E-state index is 8.80. The SMILES string of the molecule is COc1ccc(CC(N)CO)cc1Br. The van der Waals surface area contributed by atoms with Crippen LogP contribution in [-0.2, 0) is 6.42 Å². The second kappa shape index (κ2) is 5.34. The van der Waals surface area contributed by atoms with Crippen LogP contribution in [0.5, 0.6) is 5.75 Å². The van der Waals surface area contributed by atoms with Crippen LogP contribution in [0, 0.1) is 0 Å². The third-order valence-corrected chi connectivity index (χ3v) is 2.57. The van der Waals surface area contributed by atoms with Crippen LogP contribution in [-0.4, -0.2) is 24.9 Å². The third kappa shape index (κ3) is 2.97. The van der Waals surface area contributed by atoms with Crippen molar-refractivity contribution >= 4 is 15.9 Å². The zero-order chi connectivity index (χ0) is 10.6. The van der Waals surface area contributed by atoms with Crippen LogP contribution in [0.4, 0.5) is 0 Å². The minimum Gasteiger partial charge on any atom is -0.496 e. The molecule has 1 unspecified atom stereocenters. The van der Waals surface area contributed by atoms with Crippen LogP contribution in [0.1, 0.15) is 5.56 Å². The molecule has 3 N–H and O–H groups in total. The van der Waals surface area contributed by atoms with Crippen LogP contribution >= 0.6 is 15.9 Å². The highest BCUT2D eigenvalue weighted by Crippen LogP contribution is 2.25. The van der Waals surface area contributed by atoms with Gasteiger partial charge in [-0.2, -0.15) is 0 Å². The van der Waals surface area contributed by atoms with Crippen LogP contribution < -0.4 is 10.5 Å². The van der Waals surface area contributed by atoms with Crippen molar-refractivity contribution in [1.82, 2.24) is 0 Å². The number of methoxy groups -OCH3 is 1. The molecule has 0 radical (unpaired) electrons. The quantitative estimate of drug-likeness (QED) is 0.858. The Bertz CT molecular complexity index is 304. The first kappa shape index (κ1) is 11.5. The molecule has 0 aliphatic heterocycles. The Balaban J connectivity index is 2.76. The Morgan fingerprint density at radius 2 is 2.29 bits per heavy atom. The Labute approximate surface area is 92.0 Å². The van der Waals surface area contributed by atoms with Gasteiger partial charge in [0.1, 0.15) is 5.75 Å². The van der Waals surface area contributed by atoms with Crippen molar-refractivity contribution in [2.45, 2.75) is 12.5 Å². The summed E-state index contributed by atoms with van der Waals surface area (Å²) < 4.78 is 6.01. The Morgan fingerprint density at radius 3 is 2.79 bits per heavy atom. The zero-order valence-corrected chi connectivity index (χ0v) is 9.62. The molecule has 0 saturated heterocycles. The average molecular weight is 260 g/mol. The molecule has 0 heterocycles. The molecular weight excluding hydrogens is 246 g/mol. The molecular formula is C10H14BrNO2. The van der Waals surface area contributed by atoms with Gasteiger partial charge in [-0.15, -0.1) is 0 Å². The molecule has 1 aromatic rings. The molecule has 78 valence electrons. The molecule has 4 heteroatoms. The van der Waals surface area contributed by atoms with Crippen molar-refractivity contribution in [2.24, 2.45) is 5.73 Å². The van der Waals surface area contributed by atoms with Crippen molar-refractivity contribution in [1.29, 1.82) is 0 Å². The summed E-state index contributed by atoms with van der Waals surface area (Å²) in [4.78, 5) is 0. The topological polar surface area (TPSA) is 55.5 Å². The minimum atomic E-state index is -0.199. The van der Waals surface area contributed by atoms with E-state index in [9.17, 15) is 0 Å². The van der Waals surface area contributed by atoms with Gasteiger partial charge < -0.3 is 15.6 Å². The number of aliphatic hydroxyl groups excluding tert-OH is 1. The Hall–Kier alpha value is -0.580. The molecule has 0 aliphatic rings. The molecule has 0 aromatic heterocycles. The van der Waals surface area contributed by atoms with E-state index in [-0.39, 0.29) is 12.6 Å². The molecule has 1 rings (SSSR count). The molecule has 3 nitrogen and oxygen atoms in total. The number of hydrogen-bond donors (Lipinski definition) is 2. The second-order valence-corrected chi connectivity index (χ2v) is 3.97. The van der Waals surface area contributed by atoms with E-state index in [0.717, 1.165) is 15.8 Å². The fourth-order valence-electron chi connectivity index (χ4n) is 1.20. The summed E-state index contributed by atoms with van der Waals surface area (Å²) in [7, 11) is 1.62. The zero-order valence-electron chi connectivity index (χ0n) is 8.03. The van der Waals surface area contributed by atoms with E-state index in [1.165, 1.54) is 0 Å². The van der Waals surface area contributed by atoms with E-state index >= 15 is 0 Å². The summed E-state index contributed by atoms with van der Waals surface area (Å²) >= 11 is 3.39. The van der Waals surface area contributed by atoms with Crippen LogP contribution in [0.3, 0.4) is 0 Å². The van der Waals surface area contributed by atoms with Crippen molar-refractivity contribution in [3.05, 3.63) is 28.2 Å². The highest BCUT2D eigenvalue weighted by atomic mass is 79.9. The second-order valence-electron chi connectivity index (χ2n) is 3.12. The summed E-state index contributed by atoms with van der Waals surface area (Å²) in [5.41, 5.74) is 6.71. The van der Waals surface area contributed by atoms with Gasteiger partial charge in [0.2, 0.25) is 0 Å². The lowest BCUT2D eigenvalue weighted by atomic mass is 10.1. The van der Waals surface area contributed by atoms with Gasteiger partial charge in [0.15, 0.2) is 0 Å². The summed E-state index contributed by atoms with van der Waals surface area (Å²) in [5, 5.41) is 8.80. The Kier molecular flexibility index (Phi) is 4.38. The van der Waals surface area contributed by atoms with E-state index in [4.69, 9.17) is 15.6 Å². The first-order valence-electron chi connectivity index (χ1n) is 4.36. The number of benzene rings is 1. The van der Waals surface area contributed by atoms with Crippen molar-refractivity contribution in [2.75, 3.05) is 13.7 Å². The highest BCUT2D eigenvalue weighted by molar-refractivity contribution is 9.10. The van der Waals surface area contributed by atoms with Crippen LogP contribution in [0.2, 0.25) is 0 Å². The number of ether oxygens (including phenoxy) is 1. The van der Waals surface area contributed by atoms with E-state index in [1.807, 2.05) is 18.2 Å². The van der Waals surface area contributed by atoms with E-state index in [1.54, 1.807) is 7.11 Å². The molecule has 1 aromatic carbocycles. The summed E-state index contributed by atoms with van der Waals surface area (Å²) in [6, 6.07) is 5.58. The molecule has 0 saturated carbocycles.